The molecule has 120 valence electrons. The molecule has 1 aromatic carbocycles. The Bertz CT molecular complexity index is 544. The van der Waals surface area contributed by atoms with Crippen molar-refractivity contribution in [3.8, 4) is 5.75 Å². The van der Waals surface area contributed by atoms with E-state index < -0.39 is 6.36 Å². The number of ketones is 1. The van der Waals surface area contributed by atoms with Crippen LogP contribution < -0.4 is 4.74 Å². The largest absolute Gasteiger partial charge is 0.573 e. The Morgan fingerprint density at radius 1 is 1.23 bits per heavy atom. The van der Waals surface area contributed by atoms with Crippen molar-refractivity contribution in [3.63, 3.8) is 0 Å². The fourth-order valence-corrected chi connectivity index (χ4v) is 3.32. The Morgan fingerprint density at radius 3 is 2.55 bits per heavy atom. The number of carbonyl (C=O) groups excluding carboxylic acids is 1. The van der Waals surface area contributed by atoms with Crippen molar-refractivity contribution in [1.29, 1.82) is 0 Å². The maximum atomic E-state index is 12.4. The molecule has 2 aliphatic heterocycles. The molecule has 2 unspecified atom stereocenters. The number of hydrogen-bond donors (Lipinski definition) is 0. The maximum absolute atomic E-state index is 12.4. The van der Waals surface area contributed by atoms with E-state index in [1.54, 1.807) is 6.07 Å². The molecule has 0 N–H and O–H groups in total. The summed E-state index contributed by atoms with van der Waals surface area (Å²) in [6.07, 6.45) is -0.767. The lowest BCUT2D eigenvalue weighted by atomic mass is 9.88. The lowest BCUT2D eigenvalue weighted by Gasteiger charge is -2.27. The number of alkyl halides is 3. The van der Waals surface area contributed by atoms with E-state index in [0.717, 1.165) is 25.7 Å². The molecule has 0 aromatic heterocycles. The van der Waals surface area contributed by atoms with Crippen LogP contribution in [0.1, 0.15) is 31.2 Å². The van der Waals surface area contributed by atoms with Gasteiger partial charge in [-0.05, 0) is 43.4 Å². The highest BCUT2D eigenvalue weighted by molar-refractivity contribution is 5.83. The molecule has 3 rings (SSSR count). The molecule has 1 aromatic rings. The van der Waals surface area contributed by atoms with Crippen LogP contribution in [0.4, 0.5) is 13.2 Å². The number of hydrogen-bond acceptors (Lipinski definition) is 3. The fraction of sp³-hybridized carbons (Fsp3) is 0.562. The first kappa shape index (κ1) is 15.3. The van der Waals surface area contributed by atoms with Gasteiger partial charge in [0.25, 0.3) is 0 Å². The molecule has 3 nitrogen and oxygen atoms in total. The van der Waals surface area contributed by atoms with Crippen LogP contribution in [0, 0.1) is 5.92 Å². The third-order valence-corrected chi connectivity index (χ3v) is 4.26. The predicted octanol–water partition coefficient (Wildman–Crippen LogP) is 3.65. The van der Waals surface area contributed by atoms with Gasteiger partial charge in [-0.2, -0.15) is 0 Å². The van der Waals surface area contributed by atoms with Crippen molar-refractivity contribution >= 4 is 5.78 Å². The summed E-state index contributed by atoms with van der Waals surface area (Å²) in [4.78, 5) is 12.4. The van der Waals surface area contributed by atoms with Crippen molar-refractivity contribution in [2.45, 2.75) is 50.7 Å². The quantitative estimate of drug-likeness (QED) is 0.851. The average Bonchev–Trinajstić information content (AvgIpc) is 2.76. The van der Waals surface area contributed by atoms with E-state index in [9.17, 15) is 18.0 Å². The van der Waals surface area contributed by atoms with Gasteiger partial charge in [0.05, 0.1) is 12.2 Å². The van der Waals surface area contributed by atoms with Gasteiger partial charge in [0.15, 0.2) is 0 Å². The van der Waals surface area contributed by atoms with E-state index in [1.807, 2.05) is 0 Å². The van der Waals surface area contributed by atoms with Crippen LogP contribution in [0.15, 0.2) is 24.3 Å². The summed E-state index contributed by atoms with van der Waals surface area (Å²) < 4.78 is 46.2. The number of Topliss-reactive ketones (excluding diaryl/α,β-unsaturated/α-hetero) is 1. The maximum Gasteiger partial charge on any atom is 0.573 e. The van der Waals surface area contributed by atoms with Crippen LogP contribution in [0.25, 0.3) is 0 Å². The lowest BCUT2D eigenvalue weighted by Crippen LogP contribution is -2.30. The smallest absolute Gasteiger partial charge is 0.406 e. The van der Waals surface area contributed by atoms with E-state index in [-0.39, 0.29) is 36.1 Å². The van der Waals surface area contributed by atoms with E-state index in [0.29, 0.717) is 5.56 Å². The molecule has 2 bridgehead atoms. The van der Waals surface area contributed by atoms with E-state index in [2.05, 4.69) is 4.74 Å². The Labute approximate surface area is 126 Å². The molecular weight excluding hydrogens is 297 g/mol. The van der Waals surface area contributed by atoms with Gasteiger partial charge in [0.2, 0.25) is 0 Å². The van der Waals surface area contributed by atoms with E-state index in [1.165, 1.54) is 18.2 Å². The molecule has 2 heterocycles. The summed E-state index contributed by atoms with van der Waals surface area (Å²) in [5.41, 5.74) is 0.547. The zero-order chi connectivity index (χ0) is 15.7. The molecule has 22 heavy (non-hydrogen) atoms. The standard InChI is InChI=1S/C16H17F3O3/c17-16(18,19)22-14-3-1-2-10(6-14)7-15(20)11-8-12-4-5-13(9-11)21-12/h1-3,6,11-13H,4-5,7-9H2. The van der Waals surface area contributed by atoms with Gasteiger partial charge < -0.3 is 9.47 Å². The lowest BCUT2D eigenvalue weighted by molar-refractivity contribution is -0.274. The molecule has 2 atom stereocenters. The second-order valence-corrected chi connectivity index (χ2v) is 5.96. The number of benzene rings is 1. The minimum absolute atomic E-state index is 0.0431. The predicted molar refractivity (Wildman–Crippen MR) is 72.5 cm³/mol. The molecule has 0 spiro atoms. The summed E-state index contributed by atoms with van der Waals surface area (Å²) in [6, 6.07) is 5.63. The van der Waals surface area contributed by atoms with Gasteiger partial charge in [-0.25, -0.2) is 0 Å². The highest BCUT2D eigenvalue weighted by Crippen LogP contribution is 2.36. The Kier molecular flexibility index (Phi) is 4.12. The summed E-state index contributed by atoms with van der Waals surface area (Å²) in [7, 11) is 0. The third-order valence-electron chi connectivity index (χ3n) is 4.26. The summed E-state index contributed by atoms with van der Waals surface area (Å²) in [5.74, 6) is -0.257. The molecule has 2 saturated heterocycles. The summed E-state index contributed by atoms with van der Waals surface area (Å²) >= 11 is 0. The minimum Gasteiger partial charge on any atom is -0.406 e. The Balaban J connectivity index is 1.63. The first-order valence-corrected chi connectivity index (χ1v) is 7.42. The van der Waals surface area contributed by atoms with Crippen molar-refractivity contribution in [2.75, 3.05) is 0 Å². The monoisotopic (exact) mass is 314 g/mol. The zero-order valence-electron chi connectivity index (χ0n) is 11.9. The van der Waals surface area contributed by atoms with Crippen molar-refractivity contribution in [3.05, 3.63) is 29.8 Å². The molecular formula is C16H17F3O3. The first-order chi connectivity index (χ1) is 10.4. The molecule has 2 aliphatic rings. The van der Waals surface area contributed by atoms with Crippen LogP contribution in [0.3, 0.4) is 0 Å². The average molecular weight is 314 g/mol. The number of carbonyl (C=O) groups is 1. The normalized spacial score (nSPS) is 27.7. The zero-order valence-corrected chi connectivity index (χ0v) is 11.9. The molecule has 0 amide bonds. The summed E-state index contributed by atoms with van der Waals surface area (Å²) in [5, 5.41) is 0. The topological polar surface area (TPSA) is 35.5 Å². The van der Waals surface area contributed by atoms with Gasteiger partial charge >= 0.3 is 6.36 Å². The molecule has 0 aliphatic carbocycles. The van der Waals surface area contributed by atoms with Gasteiger partial charge in [-0.3, -0.25) is 4.79 Å². The van der Waals surface area contributed by atoms with Crippen molar-refractivity contribution in [2.24, 2.45) is 5.92 Å². The van der Waals surface area contributed by atoms with Gasteiger partial charge in [0, 0.05) is 12.3 Å². The molecule has 0 saturated carbocycles. The number of halogens is 3. The van der Waals surface area contributed by atoms with Crippen LogP contribution in [0.2, 0.25) is 0 Å². The molecule has 6 heteroatoms. The highest BCUT2D eigenvalue weighted by atomic mass is 19.4. The number of fused-ring (bicyclic) bond motifs is 2. The molecule has 2 fully saturated rings. The van der Waals surface area contributed by atoms with Gasteiger partial charge in [-0.1, -0.05) is 12.1 Å². The Morgan fingerprint density at radius 2 is 1.91 bits per heavy atom. The second-order valence-electron chi connectivity index (χ2n) is 5.96. The number of rotatable bonds is 4. The second kappa shape index (κ2) is 5.91. The van der Waals surface area contributed by atoms with Gasteiger partial charge in [0.1, 0.15) is 11.5 Å². The van der Waals surface area contributed by atoms with Crippen LogP contribution >= 0.6 is 0 Å². The fourth-order valence-electron chi connectivity index (χ4n) is 3.32. The van der Waals surface area contributed by atoms with Crippen LogP contribution in [-0.4, -0.2) is 24.4 Å². The van der Waals surface area contributed by atoms with Crippen LogP contribution in [-0.2, 0) is 16.0 Å². The van der Waals surface area contributed by atoms with Crippen LogP contribution in [0.5, 0.6) is 5.75 Å². The molecule has 0 radical (unpaired) electrons. The third kappa shape index (κ3) is 3.80. The summed E-state index contributed by atoms with van der Waals surface area (Å²) in [6.45, 7) is 0. The van der Waals surface area contributed by atoms with Crippen molar-refractivity contribution in [1.82, 2.24) is 0 Å². The SMILES string of the molecule is O=C(Cc1cccc(OC(F)(F)F)c1)C1CC2CCC(C1)O2. The van der Waals surface area contributed by atoms with Crippen molar-refractivity contribution < 1.29 is 27.4 Å². The highest BCUT2D eigenvalue weighted by Gasteiger charge is 2.37. The van der Waals surface area contributed by atoms with Gasteiger partial charge in [-0.15, -0.1) is 13.2 Å². The minimum atomic E-state index is -4.72. The Hall–Kier alpha value is -1.56. The first-order valence-electron chi connectivity index (χ1n) is 7.42. The van der Waals surface area contributed by atoms with E-state index in [4.69, 9.17) is 4.74 Å². The number of ether oxygens (including phenoxy) is 2. The van der Waals surface area contributed by atoms with E-state index >= 15 is 0 Å².